The summed E-state index contributed by atoms with van der Waals surface area (Å²) in [4.78, 5) is 29.5. The molecule has 0 bridgehead atoms. The fraction of sp³-hybridized carbons (Fsp3) is 0.895. The first kappa shape index (κ1) is 21.5. The number of amides is 2. The Morgan fingerprint density at radius 2 is 1.82 bits per heavy atom. The summed E-state index contributed by atoms with van der Waals surface area (Å²) in [6.07, 6.45) is 7.56. The zero-order valence-electron chi connectivity index (χ0n) is 17.2. The van der Waals surface area contributed by atoms with E-state index >= 15 is 0 Å². The van der Waals surface area contributed by atoms with E-state index in [-0.39, 0.29) is 35.9 Å². The zero-order chi connectivity index (χ0) is 20.5. The highest BCUT2D eigenvalue weighted by atomic mass is 32.2. The summed E-state index contributed by atoms with van der Waals surface area (Å²) >= 11 is 0. The van der Waals surface area contributed by atoms with Crippen molar-refractivity contribution in [2.75, 3.05) is 25.9 Å². The highest BCUT2D eigenvalue weighted by Gasteiger charge is 2.47. The van der Waals surface area contributed by atoms with Gasteiger partial charge < -0.3 is 10.2 Å². The van der Waals surface area contributed by atoms with Crippen LogP contribution in [0.1, 0.15) is 52.4 Å². The average Bonchev–Trinajstić information content (AvgIpc) is 3.02. The Morgan fingerprint density at radius 3 is 2.43 bits per heavy atom. The topological polar surface area (TPSA) is 98.8 Å². The van der Waals surface area contributed by atoms with Crippen molar-refractivity contribution >= 4 is 21.8 Å². The molecule has 3 atom stereocenters. The second-order valence-electron chi connectivity index (χ2n) is 8.87. The molecule has 0 aromatic heterocycles. The average molecular weight is 415 g/mol. The first-order chi connectivity index (χ1) is 13.2. The molecule has 2 aliphatic heterocycles. The Bertz CT molecular complexity index is 690. The maximum atomic E-state index is 13.3. The van der Waals surface area contributed by atoms with Crippen LogP contribution in [0.5, 0.6) is 0 Å². The molecule has 3 rings (SSSR count). The normalized spacial score (nSPS) is 29.9. The molecule has 3 fully saturated rings. The molecule has 9 heteroatoms. The van der Waals surface area contributed by atoms with E-state index in [0.29, 0.717) is 25.6 Å². The van der Waals surface area contributed by atoms with E-state index in [9.17, 15) is 18.0 Å². The Hall–Kier alpha value is -1.19. The lowest BCUT2D eigenvalue weighted by Gasteiger charge is -2.47. The first-order valence-electron chi connectivity index (χ1n) is 10.5. The van der Waals surface area contributed by atoms with Gasteiger partial charge in [-0.15, -0.1) is 0 Å². The first-order valence-corrected chi connectivity index (χ1v) is 12.4. The minimum Gasteiger partial charge on any atom is -0.354 e. The van der Waals surface area contributed by atoms with Gasteiger partial charge in [0.05, 0.1) is 6.26 Å². The van der Waals surface area contributed by atoms with Crippen LogP contribution in [0.3, 0.4) is 0 Å². The number of nitrogens with zero attached hydrogens (tertiary/aromatic N) is 2. The minimum atomic E-state index is -3.31. The third-order valence-electron chi connectivity index (χ3n) is 6.22. The van der Waals surface area contributed by atoms with Crippen molar-refractivity contribution in [3.05, 3.63) is 0 Å². The van der Waals surface area contributed by atoms with Gasteiger partial charge in [0, 0.05) is 43.7 Å². The Morgan fingerprint density at radius 1 is 1.14 bits per heavy atom. The third kappa shape index (κ3) is 5.04. The summed E-state index contributed by atoms with van der Waals surface area (Å²) in [5.74, 6) is -0.148. The molecule has 2 saturated heterocycles. The summed E-state index contributed by atoms with van der Waals surface area (Å²) < 4.78 is 25.9. The van der Waals surface area contributed by atoms with Gasteiger partial charge in [0.1, 0.15) is 6.04 Å². The van der Waals surface area contributed by atoms with Crippen molar-refractivity contribution in [2.24, 2.45) is 5.92 Å². The number of fused-ring (bicyclic) bond motifs is 1. The maximum Gasteiger partial charge on any atom is 0.242 e. The van der Waals surface area contributed by atoms with Crippen LogP contribution in [0.4, 0.5) is 0 Å². The second kappa shape index (κ2) is 8.67. The lowest BCUT2D eigenvalue weighted by Crippen LogP contribution is -2.65. The standard InChI is InChI=1S/C19H34N4O4S/c1-13(2)18(24)20-10-17-19(25)23-11-14(21-28(3,26)27)9-16(23)12-22(17)15-7-5-4-6-8-15/h13-17,21H,4-12H2,1-3H3,(H,20,24)/t14-,16-,17-/m0/s1. The Kier molecular flexibility index (Phi) is 6.66. The molecule has 2 N–H and O–H groups in total. The van der Waals surface area contributed by atoms with Crippen LogP contribution < -0.4 is 10.0 Å². The molecule has 0 radical (unpaired) electrons. The molecule has 160 valence electrons. The molecule has 3 aliphatic rings. The summed E-state index contributed by atoms with van der Waals surface area (Å²) in [5, 5.41) is 2.94. The van der Waals surface area contributed by atoms with E-state index in [1.165, 1.54) is 19.3 Å². The summed E-state index contributed by atoms with van der Waals surface area (Å²) in [7, 11) is -3.31. The SMILES string of the molecule is CC(C)C(=O)NC[C@H]1C(=O)N2C[C@@H](NS(C)(=O)=O)C[C@H]2CN1C1CCCCC1. The van der Waals surface area contributed by atoms with Crippen LogP contribution in [-0.4, -0.2) is 80.1 Å². The predicted octanol–water partition coefficient (Wildman–Crippen LogP) is 0.294. The summed E-state index contributed by atoms with van der Waals surface area (Å²) in [5.41, 5.74) is 0. The molecule has 0 aromatic carbocycles. The number of piperazine rings is 1. The largest absolute Gasteiger partial charge is 0.354 e. The van der Waals surface area contributed by atoms with Crippen molar-refractivity contribution in [1.29, 1.82) is 0 Å². The Labute approximate surface area is 168 Å². The lowest BCUT2D eigenvalue weighted by atomic mass is 9.91. The van der Waals surface area contributed by atoms with Crippen LogP contribution >= 0.6 is 0 Å². The van der Waals surface area contributed by atoms with Crippen LogP contribution in [0.2, 0.25) is 0 Å². The van der Waals surface area contributed by atoms with Gasteiger partial charge in [-0.1, -0.05) is 33.1 Å². The monoisotopic (exact) mass is 414 g/mol. The van der Waals surface area contributed by atoms with Crippen LogP contribution in [-0.2, 0) is 19.6 Å². The maximum absolute atomic E-state index is 13.3. The van der Waals surface area contributed by atoms with Gasteiger partial charge in [-0.2, -0.15) is 0 Å². The van der Waals surface area contributed by atoms with Gasteiger partial charge in [-0.05, 0) is 19.3 Å². The Balaban J connectivity index is 1.75. The summed E-state index contributed by atoms with van der Waals surface area (Å²) in [6.45, 7) is 5.16. The molecule has 2 amide bonds. The van der Waals surface area contributed by atoms with Crippen molar-refractivity contribution in [1.82, 2.24) is 19.8 Å². The van der Waals surface area contributed by atoms with Gasteiger partial charge >= 0.3 is 0 Å². The van der Waals surface area contributed by atoms with Gasteiger partial charge in [0.25, 0.3) is 0 Å². The fourth-order valence-corrected chi connectivity index (χ4v) is 5.65. The van der Waals surface area contributed by atoms with E-state index in [0.717, 1.165) is 25.6 Å². The molecule has 0 unspecified atom stereocenters. The molecular weight excluding hydrogens is 380 g/mol. The molecule has 28 heavy (non-hydrogen) atoms. The number of sulfonamides is 1. The van der Waals surface area contributed by atoms with Gasteiger partial charge in [-0.25, -0.2) is 13.1 Å². The molecule has 2 heterocycles. The van der Waals surface area contributed by atoms with Crippen molar-refractivity contribution < 1.29 is 18.0 Å². The van der Waals surface area contributed by atoms with Gasteiger partial charge in [0.15, 0.2) is 0 Å². The molecule has 0 aromatic rings. The van der Waals surface area contributed by atoms with Crippen molar-refractivity contribution in [3.63, 3.8) is 0 Å². The summed E-state index contributed by atoms with van der Waals surface area (Å²) in [6, 6.07) is -0.200. The van der Waals surface area contributed by atoms with E-state index in [1.807, 2.05) is 18.7 Å². The van der Waals surface area contributed by atoms with Crippen LogP contribution in [0.15, 0.2) is 0 Å². The molecule has 0 spiro atoms. The number of hydrogen-bond acceptors (Lipinski definition) is 5. The highest BCUT2D eigenvalue weighted by molar-refractivity contribution is 7.88. The third-order valence-corrected chi connectivity index (χ3v) is 6.98. The van der Waals surface area contributed by atoms with Gasteiger partial charge in [-0.3, -0.25) is 14.5 Å². The molecule has 1 aliphatic carbocycles. The van der Waals surface area contributed by atoms with Gasteiger partial charge in [0.2, 0.25) is 21.8 Å². The van der Waals surface area contributed by atoms with E-state index in [1.54, 1.807) is 0 Å². The highest BCUT2D eigenvalue weighted by Crippen LogP contribution is 2.32. The van der Waals surface area contributed by atoms with Crippen molar-refractivity contribution in [3.8, 4) is 0 Å². The molecule has 8 nitrogen and oxygen atoms in total. The lowest BCUT2D eigenvalue weighted by molar-refractivity contribution is -0.146. The zero-order valence-corrected chi connectivity index (χ0v) is 18.0. The predicted molar refractivity (Wildman–Crippen MR) is 107 cm³/mol. The van der Waals surface area contributed by atoms with Crippen LogP contribution in [0, 0.1) is 5.92 Å². The number of carbonyl (C=O) groups excluding carboxylic acids is 2. The quantitative estimate of drug-likeness (QED) is 0.651. The number of nitrogens with one attached hydrogen (secondary N) is 2. The van der Waals surface area contributed by atoms with Crippen LogP contribution in [0.25, 0.3) is 0 Å². The minimum absolute atomic E-state index is 0.0173. The molecular formula is C19H34N4O4S. The molecule has 1 saturated carbocycles. The number of rotatable bonds is 6. The van der Waals surface area contributed by atoms with E-state index in [4.69, 9.17) is 0 Å². The van der Waals surface area contributed by atoms with Crippen molar-refractivity contribution in [2.45, 2.75) is 76.5 Å². The smallest absolute Gasteiger partial charge is 0.242 e. The second-order valence-corrected chi connectivity index (χ2v) is 10.7. The number of carbonyl (C=O) groups is 2. The van der Waals surface area contributed by atoms with E-state index < -0.39 is 10.0 Å². The van der Waals surface area contributed by atoms with E-state index in [2.05, 4.69) is 14.9 Å². The number of hydrogen-bond donors (Lipinski definition) is 2. The fourth-order valence-electron chi connectivity index (χ4n) is 4.87.